The topological polar surface area (TPSA) is 38.1 Å². The standard InChI is InChI=1S/C13H15ClN2O/c1-2-4-13-10(9-17)8-15-16(13)12-6-3-5-11(14)7-12/h3,5-8,17H,2,4,9H2,1H3. The lowest BCUT2D eigenvalue weighted by atomic mass is 10.1. The normalized spacial score (nSPS) is 10.8. The van der Waals surface area contributed by atoms with Gasteiger partial charge in [0.1, 0.15) is 0 Å². The molecule has 1 N–H and O–H groups in total. The molecule has 2 rings (SSSR count). The monoisotopic (exact) mass is 250 g/mol. The van der Waals surface area contributed by atoms with E-state index in [1.807, 2.05) is 28.9 Å². The van der Waals surface area contributed by atoms with Gasteiger partial charge in [-0.2, -0.15) is 5.10 Å². The highest BCUT2D eigenvalue weighted by Crippen LogP contribution is 2.19. The van der Waals surface area contributed by atoms with E-state index in [2.05, 4.69) is 12.0 Å². The van der Waals surface area contributed by atoms with Crippen molar-refractivity contribution in [1.29, 1.82) is 0 Å². The lowest BCUT2D eigenvalue weighted by molar-refractivity contribution is 0.280. The molecule has 3 nitrogen and oxygen atoms in total. The Kier molecular flexibility index (Phi) is 3.82. The van der Waals surface area contributed by atoms with Crippen LogP contribution in [0.1, 0.15) is 24.6 Å². The summed E-state index contributed by atoms with van der Waals surface area (Å²) < 4.78 is 1.85. The van der Waals surface area contributed by atoms with Gasteiger partial charge in [0.25, 0.3) is 0 Å². The first-order valence-corrected chi connectivity index (χ1v) is 6.06. The molecule has 4 heteroatoms. The maximum Gasteiger partial charge on any atom is 0.0715 e. The fourth-order valence-corrected chi connectivity index (χ4v) is 2.06. The van der Waals surface area contributed by atoms with Gasteiger partial charge in [-0.1, -0.05) is 31.0 Å². The van der Waals surface area contributed by atoms with Crippen LogP contribution in [0.15, 0.2) is 30.5 Å². The first kappa shape index (κ1) is 12.1. The van der Waals surface area contributed by atoms with Crippen LogP contribution in [-0.2, 0) is 13.0 Å². The Hall–Kier alpha value is -1.32. The number of hydrogen-bond donors (Lipinski definition) is 1. The van der Waals surface area contributed by atoms with Crippen LogP contribution in [-0.4, -0.2) is 14.9 Å². The van der Waals surface area contributed by atoms with Crippen molar-refractivity contribution in [3.63, 3.8) is 0 Å². The summed E-state index contributed by atoms with van der Waals surface area (Å²) in [6.07, 6.45) is 3.62. The molecule has 0 atom stereocenters. The van der Waals surface area contributed by atoms with Crippen molar-refractivity contribution in [3.8, 4) is 5.69 Å². The van der Waals surface area contributed by atoms with Gasteiger partial charge in [-0.15, -0.1) is 0 Å². The average Bonchev–Trinajstić information content (AvgIpc) is 2.72. The van der Waals surface area contributed by atoms with Gasteiger partial charge in [0.05, 0.1) is 18.5 Å². The number of aliphatic hydroxyl groups excluding tert-OH is 1. The van der Waals surface area contributed by atoms with Gasteiger partial charge in [-0.25, -0.2) is 4.68 Å². The van der Waals surface area contributed by atoms with E-state index >= 15 is 0 Å². The van der Waals surface area contributed by atoms with Crippen LogP contribution < -0.4 is 0 Å². The molecular weight excluding hydrogens is 236 g/mol. The first-order valence-electron chi connectivity index (χ1n) is 5.68. The molecule has 0 radical (unpaired) electrons. The molecule has 1 aromatic carbocycles. The number of rotatable bonds is 4. The zero-order valence-corrected chi connectivity index (χ0v) is 10.5. The van der Waals surface area contributed by atoms with Crippen molar-refractivity contribution in [1.82, 2.24) is 9.78 Å². The molecular formula is C13H15ClN2O. The second kappa shape index (κ2) is 5.34. The van der Waals surface area contributed by atoms with E-state index in [0.29, 0.717) is 5.02 Å². The van der Waals surface area contributed by atoms with Crippen LogP contribution in [0, 0.1) is 0 Å². The fourth-order valence-electron chi connectivity index (χ4n) is 1.87. The lowest BCUT2D eigenvalue weighted by Crippen LogP contribution is -2.03. The van der Waals surface area contributed by atoms with Gasteiger partial charge in [0, 0.05) is 16.3 Å². The third-order valence-corrected chi connectivity index (χ3v) is 2.90. The Bertz CT molecular complexity index is 508. The Morgan fingerprint density at radius 3 is 2.88 bits per heavy atom. The van der Waals surface area contributed by atoms with Crippen LogP contribution >= 0.6 is 11.6 Å². The Balaban J connectivity index is 2.47. The summed E-state index contributed by atoms with van der Waals surface area (Å²) >= 11 is 5.97. The second-order valence-electron chi connectivity index (χ2n) is 3.92. The molecule has 0 aliphatic carbocycles. The van der Waals surface area contributed by atoms with Gasteiger partial charge < -0.3 is 5.11 Å². The van der Waals surface area contributed by atoms with E-state index < -0.39 is 0 Å². The summed E-state index contributed by atoms with van der Waals surface area (Å²) in [6.45, 7) is 2.13. The number of aliphatic hydroxyl groups is 1. The molecule has 90 valence electrons. The minimum Gasteiger partial charge on any atom is -0.392 e. The molecule has 0 saturated carbocycles. The number of halogens is 1. The summed E-state index contributed by atoms with van der Waals surface area (Å²) in [5.74, 6) is 0. The third kappa shape index (κ3) is 2.51. The molecule has 0 unspecified atom stereocenters. The molecule has 0 aliphatic rings. The highest BCUT2D eigenvalue weighted by atomic mass is 35.5. The zero-order valence-electron chi connectivity index (χ0n) is 9.73. The highest BCUT2D eigenvalue weighted by molar-refractivity contribution is 6.30. The predicted octanol–water partition coefficient (Wildman–Crippen LogP) is 2.97. The largest absolute Gasteiger partial charge is 0.392 e. The van der Waals surface area contributed by atoms with Crippen molar-refractivity contribution >= 4 is 11.6 Å². The van der Waals surface area contributed by atoms with Crippen LogP contribution in [0.3, 0.4) is 0 Å². The van der Waals surface area contributed by atoms with Gasteiger partial charge in [0.15, 0.2) is 0 Å². The van der Waals surface area contributed by atoms with Crippen LogP contribution in [0.25, 0.3) is 5.69 Å². The van der Waals surface area contributed by atoms with Crippen molar-refractivity contribution < 1.29 is 5.11 Å². The van der Waals surface area contributed by atoms with E-state index in [0.717, 1.165) is 29.8 Å². The van der Waals surface area contributed by atoms with Crippen molar-refractivity contribution in [2.45, 2.75) is 26.4 Å². The molecule has 1 aromatic heterocycles. The van der Waals surface area contributed by atoms with Crippen LogP contribution in [0.5, 0.6) is 0 Å². The molecule has 1 heterocycles. The maximum atomic E-state index is 9.28. The Morgan fingerprint density at radius 2 is 2.24 bits per heavy atom. The quantitative estimate of drug-likeness (QED) is 0.906. The minimum absolute atomic E-state index is 0.0237. The number of benzene rings is 1. The Morgan fingerprint density at radius 1 is 1.41 bits per heavy atom. The van der Waals surface area contributed by atoms with Crippen LogP contribution in [0.4, 0.5) is 0 Å². The Labute approximate surface area is 106 Å². The van der Waals surface area contributed by atoms with E-state index in [1.54, 1.807) is 6.20 Å². The SMILES string of the molecule is CCCc1c(CO)cnn1-c1cccc(Cl)c1. The maximum absolute atomic E-state index is 9.28. The van der Waals surface area contributed by atoms with Crippen molar-refractivity contribution in [3.05, 3.63) is 46.7 Å². The average molecular weight is 251 g/mol. The second-order valence-corrected chi connectivity index (χ2v) is 4.35. The number of hydrogen-bond acceptors (Lipinski definition) is 2. The molecule has 0 saturated heterocycles. The van der Waals surface area contributed by atoms with E-state index in [-0.39, 0.29) is 6.61 Å². The molecule has 17 heavy (non-hydrogen) atoms. The fraction of sp³-hybridized carbons (Fsp3) is 0.308. The van der Waals surface area contributed by atoms with Gasteiger partial charge in [-0.3, -0.25) is 0 Å². The minimum atomic E-state index is 0.0237. The summed E-state index contributed by atoms with van der Waals surface area (Å²) in [7, 11) is 0. The summed E-state index contributed by atoms with van der Waals surface area (Å²) in [6, 6.07) is 7.56. The van der Waals surface area contributed by atoms with E-state index in [9.17, 15) is 5.11 Å². The summed E-state index contributed by atoms with van der Waals surface area (Å²) in [4.78, 5) is 0. The van der Waals surface area contributed by atoms with Gasteiger partial charge in [-0.05, 0) is 24.6 Å². The first-order chi connectivity index (χ1) is 8.26. The molecule has 0 aliphatic heterocycles. The van der Waals surface area contributed by atoms with E-state index in [1.165, 1.54) is 0 Å². The van der Waals surface area contributed by atoms with Crippen molar-refractivity contribution in [2.24, 2.45) is 0 Å². The van der Waals surface area contributed by atoms with Gasteiger partial charge in [0.2, 0.25) is 0 Å². The molecule has 2 aromatic rings. The summed E-state index contributed by atoms with van der Waals surface area (Å²) in [5.41, 5.74) is 2.87. The van der Waals surface area contributed by atoms with Crippen LogP contribution in [0.2, 0.25) is 5.02 Å². The molecule has 0 amide bonds. The van der Waals surface area contributed by atoms with Gasteiger partial charge >= 0.3 is 0 Å². The highest BCUT2D eigenvalue weighted by Gasteiger charge is 2.10. The summed E-state index contributed by atoms with van der Waals surface area (Å²) in [5, 5.41) is 14.3. The number of nitrogens with zero attached hydrogens (tertiary/aromatic N) is 2. The lowest BCUT2D eigenvalue weighted by Gasteiger charge is -2.08. The third-order valence-electron chi connectivity index (χ3n) is 2.67. The smallest absolute Gasteiger partial charge is 0.0715 e. The predicted molar refractivity (Wildman–Crippen MR) is 68.5 cm³/mol. The molecule has 0 fully saturated rings. The van der Waals surface area contributed by atoms with Crippen molar-refractivity contribution in [2.75, 3.05) is 0 Å². The number of aromatic nitrogens is 2. The van der Waals surface area contributed by atoms with E-state index in [4.69, 9.17) is 11.6 Å². The zero-order chi connectivity index (χ0) is 12.3. The molecule has 0 spiro atoms. The molecule has 0 bridgehead atoms.